The number of esters is 1. The van der Waals surface area contributed by atoms with Crippen LogP contribution in [0.1, 0.15) is 105 Å². The Morgan fingerprint density at radius 3 is 2.46 bits per heavy atom. The normalized spacial score (nSPS) is 14.2. The van der Waals surface area contributed by atoms with Gasteiger partial charge in [0.2, 0.25) is 0 Å². The minimum atomic E-state index is -1.54. The van der Waals surface area contributed by atoms with Crippen LogP contribution in [0.2, 0.25) is 0 Å². The second kappa shape index (κ2) is 19.4. The molecule has 4 heterocycles. The SMILES string of the molecule is CC.CCc1c2c(nc3ccc(OCN(C(=O)OC(CC#N)CCCCCN)c4ccc(C(=O)N(CC)CC)cc4)cc13)-c1cc3c(c(=O)n1C2)COC(=O)C3O. The van der Waals surface area contributed by atoms with E-state index in [9.17, 15) is 29.5 Å². The predicted octanol–water partition coefficient (Wildman–Crippen LogP) is 6.37. The summed E-state index contributed by atoms with van der Waals surface area (Å²) < 4.78 is 18.8. The topological polar surface area (TPSA) is 190 Å². The van der Waals surface area contributed by atoms with Crippen LogP contribution in [0.5, 0.6) is 5.75 Å². The van der Waals surface area contributed by atoms with E-state index in [0.717, 1.165) is 35.8 Å². The number of nitrogens with zero attached hydrogens (tertiary/aromatic N) is 5. The first kappa shape index (κ1) is 42.4. The largest absolute Gasteiger partial charge is 0.473 e. The molecule has 2 amide bonds. The lowest BCUT2D eigenvalue weighted by atomic mass is 9.97. The zero-order chi connectivity index (χ0) is 41.2. The van der Waals surface area contributed by atoms with E-state index in [1.54, 1.807) is 51.9 Å². The number of aryl methyl sites for hydroxylation is 1. The van der Waals surface area contributed by atoms with Crippen LogP contribution in [0.3, 0.4) is 0 Å². The lowest BCUT2D eigenvalue weighted by Crippen LogP contribution is -2.37. The number of amides is 2. The number of ether oxygens (including phenoxy) is 3. The van der Waals surface area contributed by atoms with Gasteiger partial charge in [-0.1, -0.05) is 27.2 Å². The Morgan fingerprint density at radius 1 is 1.05 bits per heavy atom. The number of nitriles is 1. The van der Waals surface area contributed by atoms with E-state index in [-0.39, 0.29) is 48.9 Å². The van der Waals surface area contributed by atoms with Gasteiger partial charge >= 0.3 is 12.1 Å². The number of hydrogen-bond donors (Lipinski definition) is 2. The van der Waals surface area contributed by atoms with Crippen molar-refractivity contribution >= 4 is 34.6 Å². The highest BCUT2D eigenvalue weighted by atomic mass is 16.6. The Hall–Kier alpha value is -5.78. The number of benzene rings is 2. The molecule has 2 aromatic carbocycles. The summed E-state index contributed by atoms with van der Waals surface area (Å²) in [5.74, 6) is -0.462. The van der Waals surface area contributed by atoms with Crippen LogP contribution in [0.25, 0.3) is 22.3 Å². The van der Waals surface area contributed by atoms with Crippen LogP contribution >= 0.6 is 0 Å². The lowest BCUT2D eigenvalue weighted by molar-refractivity contribution is -0.157. The Bertz CT molecular complexity index is 2190. The predicted molar refractivity (Wildman–Crippen MR) is 216 cm³/mol. The molecule has 57 heavy (non-hydrogen) atoms. The minimum Gasteiger partial charge on any atom is -0.473 e. The molecule has 0 saturated heterocycles. The van der Waals surface area contributed by atoms with Gasteiger partial charge in [0.15, 0.2) is 12.8 Å². The molecule has 3 N–H and O–H groups in total. The zero-order valence-electron chi connectivity index (χ0n) is 33.4. The molecule has 0 fully saturated rings. The molecule has 0 bridgehead atoms. The van der Waals surface area contributed by atoms with Gasteiger partial charge in [0.25, 0.3) is 11.5 Å². The van der Waals surface area contributed by atoms with Crippen LogP contribution in [0, 0.1) is 11.3 Å². The third kappa shape index (κ3) is 8.95. The molecular formula is C43H52N6O8. The molecule has 4 aromatic rings. The third-order valence-corrected chi connectivity index (χ3v) is 10.3. The molecule has 6 rings (SSSR count). The van der Waals surface area contributed by atoms with Crippen LogP contribution in [0.15, 0.2) is 53.3 Å². The highest BCUT2D eigenvalue weighted by molar-refractivity contribution is 5.95. The average molecular weight is 781 g/mol. The molecule has 0 aliphatic carbocycles. The molecule has 0 spiro atoms. The van der Waals surface area contributed by atoms with Crippen molar-refractivity contribution in [3.8, 4) is 23.2 Å². The molecule has 0 saturated carbocycles. The van der Waals surface area contributed by atoms with Crippen molar-refractivity contribution in [2.45, 2.75) is 98.5 Å². The zero-order valence-corrected chi connectivity index (χ0v) is 33.4. The van der Waals surface area contributed by atoms with Gasteiger partial charge in [0.05, 0.1) is 47.2 Å². The van der Waals surface area contributed by atoms with E-state index in [2.05, 4.69) is 6.07 Å². The fourth-order valence-electron chi connectivity index (χ4n) is 7.23. The van der Waals surface area contributed by atoms with Crippen molar-refractivity contribution in [3.05, 3.63) is 86.7 Å². The van der Waals surface area contributed by atoms with Crippen molar-refractivity contribution in [1.29, 1.82) is 5.26 Å². The highest BCUT2D eigenvalue weighted by Gasteiger charge is 2.34. The summed E-state index contributed by atoms with van der Waals surface area (Å²) >= 11 is 0. The van der Waals surface area contributed by atoms with Gasteiger partial charge in [-0.3, -0.25) is 9.59 Å². The van der Waals surface area contributed by atoms with E-state index in [4.69, 9.17) is 24.9 Å². The number of anilines is 1. The summed E-state index contributed by atoms with van der Waals surface area (Å²) in [7, 11) is 0. The molecule has 14 heteroatoms. The number of aliphatic hydroxyl groups is 1. The molecule has 14 nitrogen and oxygen atoms in total. The first-order chi connectivity index (χ1) is 27.6. The van der Waals surface area contributed by atoms with Gasteiger partial charge in [0, 0.05) is 35.2 Å². The first-order valence-electron chi connectivity index (χ1n) is 19.8. The first-order valence-corrected chi connectivity index (χ1v) is 19.8. The summed E-state index contributed by atoms with van der Waals surface area (Å²) in [5, 5.41) is 20.8. The second-order valence-corrected chi connectivity index (χ2v) is 13.5. The van der Waals surface area contributed by atoms with Crippen LogP contribution in [0.4, 0.5) is 10.5 Å². The number of aliphatic hydroxyl groups excluding tert-OH is 1. The number of fused-ring (bicyclic) bond motifs is 5. The van der Waals surface area contributed by atoms with Crippen molar-refractivity contribution in [2.24, 2.45) is 5.73 Å². The van der Waals surface area contributed by atoms with E-state index < -0.39 is 24.3 Å². The van der Waals surface area contributed by atoms with Crippen molar-refractivity contribution in [1.82, 2.24) is 14.5 Å². The number of unbranched alkanes of at least 4 members (excludes halogenated alkanes) is 2. The monoisotopic (exact) mass is 780 g/mol. The number of pyridine rings is 2. The maximum Gasteiger partial charge on any atom is 0.417 e. The number of rotatable bonds is 15. The minimum absolute atomic E-state index is 0.0350. The summed E-state index contributed by atoms with van der Waals surface area (Å²) in [6.45, 7) is 11.3. The standard InChI is InChI=1S/C41H46N6O8.C2H6/c1-4-29-30-20-28(15-16-34(30)44-36-32(29)22-46-35(36)21-31-33(39(46)50)23-53-40(51)37(31)48)54-24-47(41(52)55-27(17-19-43)10-8-7-9-18-42)26-13-11-25(12-14-26)38(49)45(5-2)6-3;1-2/h11-16,20-21,27,37,48H,4-10,17-18,22-24,42H2,1-3H3;1-2H3. The smallest absolute Gasteiger partial charge is 0.417 e. The van der Waals surface area contributed by atoms with E-state index in [1.807, 2.05) is 40.7 Å². The average Bonchev–Trinajstić information content (AvgIpc) is 3.60. The molecule has 302 valence electrons. The van der Waals surface area contributed by atoms with Gasteiger partial charge in [-0.2, -0.15) is 5.26 Å². The summed E-state index contributed by atoms with van der Waals surface area (Å²) in [4.78, 5) is 60.4. The fourth-order valence-corrected chi connectivity index (χ4v) is 7.23. The molecule has 0 radical (unpaired) electrons. The molecular weight excluding hydrogens is 729 g/mol. The van der Waals surface area contributed by atoms with Crippen LogP contribution in [-0.2, 0) is 33.8 Å². The summed E-state index contributed by atoms with van der Waals surface area (Å²) in [5.41, 5.74) is 10.3. The van der Waals surface area contributed by atoms with Crippen LogP contribution < -0.4 is 20.9 Å². The summed E-state index contributed by atoms with van der Waals surface area (Å²) in [6, 6.07) is 15.8. The van der Waals surface area contributed by atoms with Gasteiger partial charge in [0.1, 0.15) is 18.5 Å². The summed E-state index contributed by atoms with van der Waals surface area (Å²) in [6.07, 6.45) is 0.744. The number of carbonyl (C=O) groups excluding carboxylic acids is 3. The quantitative estimate of drug-likeness (QED) is 0.0682. The Labute approximate surface area is 332 Å². The van der Waals surface area contributed by atoms with Gasteiger partial charge in [-0.25, -0.2) is 19.5 Å². The van der Waals surface area contributed by atoms with Crippen LogP contribution in [-0.4, -0.2) is 70.0 Å². The van der Waals surface area contributed by atoms with Gasteiger partial charge in [-0.15, -0.1) is 0 Å². The van der Waals surface area contributed by atoms with Gasteiger partial charge < -0.3 is 34.5 Å². The number of carbonyl (C=O) groups is 3. The molecule has 2 aliphatic heterocycles. The Kier molecular flexibility index (Phi) is 14.4. The lowest BCUT2D eigenvalue weighted by Gasteiger charge is -2.25. The molecule has 2 atom stereocenters. The number of nitrogens with two attached hydrogens (primary N) is 1. The van der Waals surface area contributed by atoms with Crippen molar-refractivity contribution < 1.29 is 33.7 Å². The highest BCUT2D eigenvalue weighted by Crippen LogP contribution is 2.39. The van der Waals surface area contributed by atoms with E-state index >= 15 is 0 Å². The van der Waals surface area contributed by atoms with Crippen molar-refractivity contribution in [2.75, 3.05) is 31.3 Å². The van der Waals surface area contributed by atoms with E-state index in [1.165, 1.54) is 4.90 Å². The molecule has 2 aromatic heterocycles. The second-order valence-electron chi connectivity index (χ2n) is 13.5. The number of hydrogen-bond acceptors (Lipinski definition) is 11. The number of cyclic esters (lactones) is 1. The fraction of sp³-hybridized carbons (Fsp3) is 0.442. The van der Waals surface area contributed by atoms with Gasteiger partial charge in [-0.05, 0) is 100 Å². The molecule has 2 unspecified atom stereocenters. The Morgan fingerprint density at radius 2 is 1.79 bits per heavy atom. The van der Waals surface area contributed by atoms with E-state index in [0.29, 0.717) is 66.4 Å². The third-order valence-electron chi connectivity index (χ3n) is 10.3. The van der Waals surface area contributed by atoms with Crippen molar-refractivity contribution in [3.63, 3.8) is 0 Å². The molecule has 2 aliphatic rings. The number of aromatic nitrogens is 2. The Balaban J connectivity index is 0.00000305. The maximum absolute atomic E-state index is 13.8. The maximum atomic E-state index is 13.8.